The highest BCUT2D eigenvalue weighted by Crippen LogP contribution is 2.31. The largest absolute Gasteiger partial charge is 0.394 e. The van der Waals surface area contributed by atoms with E-state index in [9.17, 15) is 50.4 Å². The summed E-state index contributed by atoms with van der Waals surface area (Å²) < 4.78 is 10.8. The molecule has 9 atom stereocenters. The normalized spacial score (nSPS) is 24.9. The number of nitrogens with two attached hydrogens (primary N) is 1. The van der Waals surface area contributed by atoms with Crippen molar-refractivity contribution in [2.75, 3.05) is 39.4 Å². The van der Waals surface area contributed by atoms with Crippen LogP contribution in [0, 0.1) is 0 Å². The molecule has 0 saturated carbocycles. The average Bonchev–Trinajstić information content (AvgIpc) is 3.11. The van der Waals surface area contributed by atoms with Crippen LogP contribution in [0.15, 0.2) is 12.2 Å². The molecule has 15 heteroatoms. The van der Waals surface area contributed by atoms with E-state index >= 15 is 0 Å². The second-order valence-electron chi connectivity index (χ2n) is 13.5. The molecule has 0 aromatic heterocycles. The molecule has 1 aliphatic rings. The molecule has 294 valence electrons. The predicted octanol–water partition coefficient (Wildman–Crippen LogP) is -0.422. The Morgan fingerprint density at radius 2 is 1.48 bits per heavy atom. The first-order chi connectivity index (χ1) is 23.9. The monoisotopic (exact) mass is 721 g/mol. The SMILES string of the molecule is CCCCCCCCC=CCCCCCCCC(=O)N(CCN)CCNC(=O)C(O)C(O)C(O[C@@H]1OC(C)(CO)[C@H](O)[C@H](O)C1O)C(O)CO. The number of aliphatic hydroxyl groups is 8. The van der Waals surface area contributed by atoms with E-state index in [2.05, 4.69) is 24.4 Å². The Morgan fingerprint density at radius 3 is 2.04 bits per heavy atom. The van der Waals surface area contributed by atoms with Crippen molar-refractivity contribution >= 4 is 11.8 Å². The topological polar surface area (TPSA) is 256 Å². The first kappa shape index (κ1) is 46.3. The van der Waals surface area contributed by atoms with Crippen molar-refractivity contribution in [3.63, 3.8) is 0 Å². The fourth-order valence-corrected chi connectivity index (χ4v) is 5.79. The molecule has 0 bridgehead atoms. The fraction of sp³-hybridized carbons (Fsp3) is 0.886. The van der Waals surface area contributed by atoms with Crippen LogP contribution in [0.25, 0.3) is 0 Å². The third kappa shape index (κ3) is 16.3. The molecule has 11 N–H and O–H groups in total. The number of carbonyl (C=O) groups is 2. The van der Waals surface area contributed by atoms with Gasteiger partial charge in [0.05, 0.1) is 13.2 Å². The molecule has 0 spiro atoms. The molecular formula is C35H67N3O12. The van der Waals surface area contributed by atoms with Gasteiger partial charge in [-0.3, -0.25) is 9.59 Å². The van der Waals surface area contributed by atoms with Gasteiger partial charge in [0.25, 0.3) is 5.91 Å². The quantitative estimate of drug-likeness (QED) is 0.0364. The van der Waals surface area contributed by atoms with Crippen LogP contribution in [0.1, 0.15) is 104 Å². The van der Waals surface area contributed by atoms with E-state index in [0.29, 0.717) is 6.42 Å². The van der Waals surface area contributed by atoms with E-state index in [-0.39, 0.29) is 32.1 Å². The number of carbonyl (C=O) groups excluding carboxylic acids is 2. The highest BCUT2D eigenvalue weighted by molar-refractivity contribution is 5.81. The number of hydrogen-bond acceptors (Lipinski definition) is 13. The summed E-state index contributed by atoms with van der Waals surface area (Å²) in [5.41, 5.74) is 3.88. The molecule has 1 rings (SSSR count). The van der Waals surface area contributed by atoms with E-state index in [1.165, 1.54) is 50.3 Å². The minimum Gasteiger partial charge on any atom is -0.394 e. The smallest absolute Gasteiger partial charge is 0.251 e. The van der Waals surface area contributed by atoms with E-state index in [0.717, 1.165) is 44.9 Å². The van der Waals surface area contributed by atoms with Crippen LogP contribution in [-0.4, -0.2) is 152 Å². The van der Waals surface area contributed by atoms with Gasteiger partial charge in [-0.25, -0.2) is 0 Å². The lowest BCUT2D eigenvalue weighted by molar-refractivity contribution is -0.353. The zero-order valence-corrected chi connectivity index (χ0v) is 30.2. The van der Waals surface area contributed by atoms with Crippen molar-refractivity contribution in [3.05, 3.63) is 12.2 Å². The highest BCUT2D eigenvalue weighted by Gasteiger charge is 2.52. The number of nitrogens with zero attached hydrogens (tertiary/aromatic N) is 1. The summed E-state index contributed by atoms with van der Waals surface area (Å²) >= 11 is 0. The van der Waals surface area contributed by atoms with Crippen LogP contribution < -0.4 is 11.1 Å². The number of rotatable bonds is 28. The van der Waals surface area contributed by atoms with Gasteiger partial charge in [-0.1, -0.05) is 70.4 Å². The zero-order chi connectivity index (χ0) is 37.5. The molecule has 0 aromatic carbocycles. The van der Waals surface area contributed by atoms with Gasteiger partial charge in [0.2, 0.25) is 5.91 Å². The molecule has 6 unspecified atom stereocenters. The number of nitrogens with one attached hydrogen (secondary N) is 1. The Kier molecular flexibility index (Phi) is 24.1. The number of allylic oxidation sites excluding steroid dienone is 2. The van der Waals surface area contributed by atoms with Crippen molar-refractivity contribution in [2.45, 2.75) is 158 Å². The maximum Gasteiger partial charge on any atom is 0.251 e. The van der Waals surface area contributed by atoms with Gasteiger partial charge in [0.1, 0.15) is 42.2 Å². The van der Waals surface area contributed by atoms with Gasteiger partial charge in [-0.2, -0.15) is 0 Å². The lowest BCUT2D eigenvalue weighted by Crippen LogP contribution is -2.66. The van der Waals surface area contributed by atoms with E-state index in [4.69, 9.17) is 15.2 Å². The van der Waals surface area contributed by atoms with E-state index < -0.39 is 73.7 Å². The molecule has 1 saturated heterocycles. The third-order valence-electron chi connectivity index (χ3n) is 9.15. The van der Waals surface area contributed by atoms with Crippen molar-refractivity contribution < 1.29 is 59.9 Å². The summed E-state index contributed by atoms with van der Waals surface area (Å²) in [4.78, 5) is 27.0. The maximum atomic E-state index is 12.8. The molecule has 1 aliphatic heterocycles. The first-order valence-electron chi connectivity index (χ1n) is 18.4. The summed E-state index contributed by atoms with van der Waals surface area (Å²) in [5, 5.41) is 83.8. The number of ether oxygens (including phenoxy) is 2. The Labute approximate surface area is 297 Å². The zero-order valence-electron chi connectivity index (χ0n) is 30.2. The molecule has 50 heavy (non-hydrogen) atoms. The standard InChI is InChI=1S/C35H67N3O12/c1-3-4-5-6-7-8-9-10-11-12-13-14-15-16-17-18-26(42)38(21-19-36)22-20-37-33(48)29(45)27(43)31(25(41)23-39)49-34-30(46)28(44)32(47)35(2,24-40)50-34/h10-11,25,27-32,34,39-41,43-47H,3-9,12-24,36H2,1-2H3,(H,37,48)/t25?,27?,28-,29?,30?,31?,32-,34-,35?/m1/s1. The highest BCUT2D eigenvalue weighted by atomic mass is 16.7. The van der Waals surface area contributed by atoms with Crippen LogP contribution in [0.5, 0.6) is 0 Å². The van der Waals surface area contributed by atoms with Gasteiger partial charge in [0, 0.05) is 32.6 Å². The van der Waals surface area contributed by atoms with Crippen molar-refractivity contribution in [3.8, 4) is 0 Å². The molecule has 1 heterocycles. The van der Waals surface area contributed by atoms with Gasteiger partial charge in [-0.15, -0.1) is 0 Å². The Balaban J connectivity index is 2.48. The van der Waals surface area contributed by atoms with Crippen molar-refractivity contribution in [1.82, 2.24) is 10.2 Å². The van der Waals surface area contributed by atoms with Crippen LogP contribution in [-0.2, 0) is 19.1 Å². The van der Waals surface area contributed by atoms with Gasteiger partial charge in [0.15, 0.2) is 12.4 Å². The number of aliphatic hydroxyl groups excluding tert-OH is 8. The molecule has 1 fully saturated rings. The Hall–Kier alpha value is -1.76. The van der Waals surface area contributed by atoms with Crippen LogP contribution in [0.3, 0.4) is 0 Å². The van der Waals surface area contributed by atoms with Crippen LogP contribution >= 0.6 is 0 Å². The molecular weight excluding hydrogens is 654 g/mol. The predicted molar refractivity (Wildman–Crippen MR) is 186 cm³/mol. The summed E-state index contributed by atoms with van der Waals surface area (Å²) in [5.74, 6) is -1.19. The van der Waals surface area contributed by atoms with Gasteiger partial charge < -0.3 is 66.3 Å². The number of hydrogen-bond donors (Lipinski definition) is 10. The molecule has 0 radical (unpaired) electrons. The Bertz CT molecular complexity index is 947. The van der Waals surface area contributed by atoms with Crippen molar-refractivity contribution in [1.29, 1.82) is 0 Å². The third-order valence-corrected chi connectivity index (χ3v) is 9.15. The second kappa shape index (κ2) is 26.1. The summed E-state index contributed by atoms with van der Waals surface area (Å²) in [7, 11) is 0. The minimum absolute atomic E-state index is 0.0851. The molecule has 15 nitrogen and oxygen atoms in total. The molecule has 2 amide bonds. The molecule has 0 aromatic rings. The minimum atomic E-state index is -2.20. The van der Waals surface area contributed by atoms with E-state index in [1.807, 2.05) is 0 Å². The van der Waals surface area contributed by atoms with Gasteiger partial charge >= 0.3 is 0 Å². The molecule has 0 aliphatic carbocycles. The number of amides is 2. The summed E-state index contributed by atoms with van der Waals surface area (Å²) in [6.07, 6.45) is 4.34. The summed E-state index contributed by atoms with van der Waals surface area (Å²) in [6, 6.07) is 0. The van der Waals surface area contributed by atoms with Crippen molar-refractivity contribution in [2.24, 2.45) is 5.73 Å². The maximum absolute atomic E-state index is 12.8. The average molecular weight is 722 g/mol. The Morgan fingerprint density at radius 1 is 0.900 bits per heavy atom. The van der Waals surface area contributed by atoms with Gasteiger partial charge in [-0.05, 0) is 39.0 Å². The first-order valence-corrected chi connectivity index (χ1v) is 18.4. The summed E-state index contributed by atoms with van der Waals surface area (Å²) in [6.45, 7) is 2.13. The lowest BCUT2D eigenvalue weighted by Gasteiger charge is -2.47. The number of unbranched alkanes of at least 4 members (excludes halogenated alkanes) is 11. The fourth-order valence-electron chi connectivity index (χ4n) is 5.79. The second-order valence-corrected chi connectivity index (χ2v) is 13.5. The lowest BCUT2D eigenvalue weighted by atomic mass is 9.89. The van der Waals surface area contributed by atoms with E-state index in [1.54, 1.807) is 0 Å². The van der Waals surface area contributed by atoms with Crippen LogP contribution in [0.2, 0.25) is 0 Å². The van der Waals surface area contributed by atoms with Crippen LogP contribution in [0.4, 0.5) is 0 Å².